The van der Waals surface area contributed by atoms with Crippen LogP contribution in [0.25, 0.3) is 11.3 Å². The lowest BCUT2D eigenvalue weighted by Crippen LogP contribution is -2.18. The van der Waals surface area contributed by atoms with Crippen LogP contribution in [0.5, 0.6) is 0 Å². The summed E-state index contributed by atoms with van der Waals surface area (Å²) >= 11 is 1.32. The summed E-state index contributed by atoms with van der Waals surface area (Å²) in [5.41, 5.74) is 4.19. The molecule has 2 aromatic rings. The van der Waals surface area contributed by atoms with Crippen LogP contribution in [0.1, 0.15) is 17.5 Å². The van der Waals surface area contributed by atoms with Crippen LogP contribution in [0.2, 0.25) is 0 Å². The summed E-state index contributed by atoms with van der Waals surface area (Å²) < 4.78 is 0. The average Bonchev–Trinajstić information content (AvgIpc) is 3.16. The molecule has 1 heterocycles. The molecule has 1 aromatic heterocycles. The Morgan fingerprint density at radius 1 is 1.41 bits per heavy atom. The van der Waals surface area contributed by atoms with E-state index in [-0.39, 0.29) is 5.91 Å². The Hall–Kier alpha value is -2.28. The zero-order valence-corrected chi connectivity index (χ0v) is 13.0. The van der Waals surface area contributed by atoms with Gasteiger partial charge in [-0.25, -0.2) is 4.98 Å². The van der Waals surface area contributed by atoms with Crippen LogP contribution in [-0.2, 0) is 4.79 Å². The number of nitro groups is 1. The van der Waals surface area contributed by atoms with Crippen molar-refractivity contribution in [2.75, 3.05) is 5.32 Å². The highest BCUT2D eigenvalue weighted by atomic mass is 32.1. The largest absolute Gasteiger partial charge is 0.301 e. The predicted octanol–water partition coefficient (Wildman–Crippen LogP) is 3.03. The molecule has 0 radical (unpaired) electrons. The molecule has 2 atom stereocenters. The summed E-state index contributed by atoms with van der Waals surface area (Å²) in [5.74, 6) is -0.841. The molecule has 1 aromatic carbocycles. The number of hydrogen-bond donors (Lipinski definition) is 1. The number of rotatable bonds is 4. The van der Waals surface area contributed by atoms with Gasteiger partial charge < -0.3 is 5.32 Å². The maximum absolute atomic E-state index is 11.9. The molecule has 22 heavy (non-hydrogen) atoms. The molecule has 114 valence electrons. The van der Waals surface area contributed by atoms with Gasteiger partial charge in [-0.15, -0.1) is 11.3 Å². The van der Waals surface area contributed by atoms with Crippen molar-refractivity contribution in [1.29, 1.82) is 0 Å². The van der Waals surface area contributed by atoms with Crippen molar-refractivity contribution in [1.82, 2.24) is 4.98 Å². The van der Waals surface area contributed by atoms with E-state index in [1.165, 1.54) is 22.5 Å². The van der Waals surface area contributed by atoms with Crippen molar-refractivity contribution in [2.45, 2.75) is 26.3 Å². The molecule has 0 bridgehead atoms. The number of carbonyl (C=O) groups excluding carboxylic acids is 1. The molecule has 0 aliphatic heterocycles. The first-order valence-corrected chi connectivity index (χ1v) is 7.81. The van der Waals surface area contributed by atoms with Gasteiger partial charge in [-0.1, -0.05) is 12.1 Å². The number of benzene rings is 1. The minimum atomic E-state index is -0.737. The molecule has 6 nitrogen and oxygen atoms in total. The van der Waals surface area contributed by atoms with Crippen LogP contribution in [-0.4, -0.2) is 21.9 Å². The summed E-state index contributed by atoms with van der Waals surface area (Å²) in [6.45, 7) is 4.09. The highest BCUT2D eigenvalue weighted by Gasteiger charge is 2.53. The minimum absolute atomic E-state index is 0.314. The number of nitrogens with one attached hydrogen (secondary N) is 1. The summed E-state index contributed by atoms with van der Waals surface area (Å²) in [5, 5.41) is 15.6. The summed E-state index contributed by atoms with van der Waals surface area (Å²) in [4.78, 5) is 26.5. The first kappa shape index (κ1) is 14.6. The van der Waals surface area contributed by atoms with Gasteiger partial charge >= 0.3 is 0 Å². The van der Waals surface area contributed by atoms with Crippen LogP contribution in [0.15, 0.2) is 23.6 Å². The van der Waals surface area contributed by atoms with Gasteiger partial charge in [0, 0.05) is 22.3 Å². The lowest BCUT2D eigenvalue weighted by atomic mass is 10.1. The zero-order chi connectivity index (χ0) is 15.9. The Labute approximate surface area is 131 Å². The smallest absolute Gasteiger partial charge is 0.236 e. The van der Waals surface area contributed by atoms with Crippen LogP contribution < -0.4 is 5.32 Å². The second-order valence-corrected chi connectivity index (χ2v) is 6.38. The number of anilines is 1. The molecule has 1 saturated carbocycles. The predicted molar refractivity (Wildman–Crippen MR) is 84.5 cm³/mol. The van der Waals surface area contributed by atoms with Crippen molar-refractivity contribution in [3.8, 4) is 11.3 Å². The molecule has 3 rings (SSSR count). The van der Waals surface area contributed by atoms with E-state index >= 15 is 0 Å². The third-order valence-corrected chi connectivity index (χ3v) is 4.66. The molecule has 1 aliphatic carbocycles. The Bertz CT molecular complexity index is 756. The van der Waals surface area contributed by atoms with Gasteiger partial charge in [-0.3, -0.25) is 14.9 Å². The maximum atomic E-state index is 11.9. The summed E-state index contributed by atoms with van der Waals surface area (Å²) in [6.07, 6.45) is 0.314. The standard InChI is InChI=1S/C15H15N3O3S/c1-8-3-4-10(5-9(8)2)12-7-22-15(16-12)17-14(19)11-6-13(11)18(20)21/h3-5,7,11,13H,6H2,1-2H3,(H,16,17,19)/t11-,13+/m0/s1. The Morgan fingerprint density at radius 2 is 2.18 bits per heavy atom. The van der Waals surface area contributed by atoms with Crippen LogP contribution in [0.3, 0.4) is 0 Å². The van der Waals surface area contributed by atoms with E-state index < -0.39 is 16.9 Å². The van der Waals surface area contributed by atoms with Crippen molar-refractivity contribution in [2.24, 2.45) is 5.92 Å². The van der Waals surface area contributed by atoms with Gasteiger partial charge in [-0.2, -0.15) is 0 Å². The van der Waals surface area contributed by atoms with E-state index in [0.717, 1.165) is 11.3 Å². The first-order valence-electron chi connectivity index (χ1n) is 6.93. The maximum Gasteiger partial charge on any atom is 0.236 e. The van der Waals surface area contributed by atoms with Crippen LogP contribution >= 0.6 is 11.3 Å². The number of carbonyl (C=O) groups is 1. The van der Waals surface area contributed by atoms with E-state index in [4.69, 9.17) is 0 Å². The lowest BCUT2D eigenvalue weighted by Gasteiger charge is -2.02. The number of thiazole rings is 1. The normalized spacial score (nSPS) is 19.7. The third-order valence-electron chi connectivity index (χ3n) is 3.90. The van der Waals surface area contributed by atoms with Crippen LogP contribution in [0, 0.1) is 29.9 Å². The fraction of sp³-hybridized carbons (Fsp3) is 0.333. The average molecular weight is 317 g/mol. The Morgan fingerprint density at radius 3 is 2.82 bits per heavy atom. The number of nitrogens with zero attached hydrogens (tertiary/aromatic N) is 2. The molecule has 1 fully saturated rings. The summed E-state index contributed by atoms with van der Waals surface area (Å²) in [7, 11) is 0. The first-order chi connectivity index (χ1) is 10.5. The molecule has 0 unspecified atom stereocenters. The molecule has 0 saturated heterocycles. The SMILES string of the molecule is Cc1ccc(-c2csc(NC(=O)[C@H]3C[C@H]3[N+](=O)[O-])n2)cc1C. The second-order valence-electron chi connectivity index (χ2n) is 5.52. The van der Waals surface area contributed by atoms with E-state index in [9.17, 15) is 14.9 Å². The number of hydrogen-bond acceptors (Lipinski definition) is 5. The molecule has 1 amide bonds. The van der Waals surface area contributed by atoms with E-state index in [1.54, 1.807) is 0 Å². The fourth-order valence-electron chi connectivity index (χ4n) is 2.26. The van der Waals surface area contributed by atoms with Crippen LogP contribution in [0.4, 0.5) is 5.13 Å². The van der Waals surface area contributed by atoms with Gasteiger partial charge in [0.15, 0.2) is 5.13 Å². The van der Waals surface area contributed by atoms with Crippen molar-refractivity contribution in [3.05, 3.63) is 44.8 Å². The minimum Gasteiger partial charge on any atom is -0.301 e. The number of aryl methyl sites for hydroxylation is 2. The topological polar surface area (TPSA) is 85.1 Å². The second kappa shape index (κ2) is 5.49. The van der Waals surface area contributed by atoms with E-state index in [1.807, 2.05) is 31.4 Å². The lowest BCUT2D eigenvalue weighted by molar-refractivity contribution is -0.497. The molecule has 7 heteroatoms. The highest BCUT2D eigenvalue weighted by Crippen LogP contribution is 2.35. The van der Waals surface area contributed by atoms with E-state index in [2.05, 4.69) is 16.4 Å². The zero-order valence-electron chi connectivity index (χ0n) is 12.2. The Balaban J connectivity index is 1.70. The van der Waals surface area contributed by atoms with Gasteiger partial charge in [0.1, 0.15) is 5.92 Å². The molecule has 0 spiro atoms. The molecular weight excluding hydrogens is 302 g/mol. The summed E-state index contributed by atoms with van der Waals surface area (Å²) in [6, 6.07) is 5.35. The number of aromatic nitrogens is 1. The van der Waals surface area contributed by atoms with Gasteiger partial charge in [0.25, 0.3) is 0 Å². The van der Waals surface area contributed by atoms with Gasteiger partial charge in [-0.05, 0) is 31.0 Å². The molecular formula is C15H15N3O3S. The highest BCUT2D eigenvalue weighted by molar-refractivity contribution is 7.14. The number of amides is 1. The monoisotopic (exact) mass is 317 g/mol. The Kier molecular flexibility index (Phi) is 3.66. The third kappa shape index (κ3) is 2.85. The molecule has 1 N–H and O–H groups in total. The van der Waals surface area contributed by atoms with Crippen molar-refractivity contribution < 1.29 is 9.72 Å². The van der Waals surface area contributed by atoms with Gasteiger partial charge in [0.2, 0.25) is 11.9 Å². The quantitative estimate of drug-likeness (QED) is 0.694. The molecule has 1 aliphatic rings. The van der Waals surface area contributed by atoms with Gasteiger partial charge in [0.05, 0.1) is 5.69 Å². The fourth-order valence-corrected chi connectivity index (χ4v) is 2.98. The van der Waals surface area contributed by atoms with Crippen molar-refractivity contribution >= 4 is 22.4 Å². The van der Waals surface area contributed by atoms with E-state index in [0.29, 0.717) is 11.6 Å². The van der Waals surface area contributed by atoms with Crippen molar-refractivity contribution in [3.63, 3.8) is 0 Å².